The lowest BCUT2D eigenvalue weighted by Gasteiger charge is -2.28. The second-order valence-electron chi connectivity index (χ2n) is 8.26. The first-order valence-electron chi connectivity index (χ1n) is 11.6. The Morgan fingerprint density at radius 3 is 2.53 bits per heavy atom. The van der Waals surface area contributed by atoms with Crippen LogP contribution in [0.2, 0.25) is 0 Å². The number of carbonyl (C=O) groups excluding carboxylic acids is 1. The second kappa shape index (κ2) is 10.3. The average molecular weight is 494 g/mol. The molecule has 11 heteroatoms. The number of aromatic nitrogens is 4. The van der Waals surface area contributed by atoms with Crippen molar-refractivity contribution < 1.29 is 18.3 Å². The zero-order chi connectivity index (χ0) is 25.1. The van der Waals surface area contributed by atoms with Gasteiger partial charge >= 0.3 is 0 Å². The molecule has 0 unspecified atom stereocenters. The molecule has 1 saturated heterocycles. The Morgan fingerprint density at radius 1 is 1.06 bits per heavy atom. The summed E-state index contributed by atoms with van der Waals surface area (Å²) in [6.07, 6.45) is -2.81. The van der Waals surface area contributed by atoms with Crippen LogP contribution in [0.4, 0.5) is 20.3 Å². The molecule has 2 aromatic heterocycles. The van der Waals surface area contributed by atoms with Gasteiger partial charge in [0.2, 0.25) is 11.9 Å². The molecule has 2 N–H and O–H groups in total. The number of hydrogen-bond acceptors (Lipinski definition) is 7. The van der Waals surface area contributed by atoms with Crippen molar-refractivity contribution in [3.05, 3.63) is 60.4 Å². The Hall–Kier alpha value is -3.96. The smallest absolute Gasteiger partial charge is 0.296 e. The van der Waals surface area contributed by atoms with Crippen LogP contribution in [-0.2, 0) is 9.53 Å². The normalized spacial score (nSPS) is 13.9. The van der Waals surface area contributed by atoms with Crippen LogP contribution in [0.5, 0.6) is 0 Å². The standard InChI is InChI=1S/C25H25F2N7O2/c1-28-15-22(35)29-17-8-6-16(7-9-17)19-14-21(33-10-12-36-13-11-33)32-25(31-19)34-20-5-3-2-4-18(20)30-24(34)23(26)27/h2-9,14,23,28H,10-13,15H2,1H3,(H,29,35). The van der Waals surface area contributed by atoms with Crippen molar-refractivity contribution in [3.8, 4) is 17.2 Å². The molecule has 2 aromatic carbocycles. The van der Waals surface area contributed by atoms with Crippen LogP contribution in [0.1, 0.15) is 12.2 Å². The van der Waals surface area contributed by atoms with Gasteiger partial charge in [-0.05, 0) is 31.3 Å². The minimum atomic E-state index is -2.81. The molecule has 5 rings (SSSR count). The van der Waals surface area contributed by atoms with Gasteiger partial charge in [-0.15, -0.1) is 0 Å². The zero-order valence-corrected chi connectivity index (χ0v) is 19.6. The van der Waals surface area contributed by atoms with E-state index >= 15 is 0 Å². The highest BCUT2D eigenvalue weighted by atomic mass is 19.3. The average Bonchev–Trinajstić information content (AvgIpc) is 3.30. The number of benzene rings is 2. The predicted octanol–water partition coefficient (Wildman–Crippen LogP) is 3.41. The number of carbonyl (C=O) groups is 1. The lowest BCUT2D eigenvalue weighted by molar-refractivity contribution is -0.115. The maximum atomic E-state index is 14.0. The number of nitrogens with zero attached hydrogens (tertiary/aromatic N) is 5. The van der Waals surface area contributed by atoms with Crippen LogP contribution in [0.3, 0.4) is 0 Å². The number of hydrogen-bond donors (Lipinski definition) is 2. The van der Waals surface area contributed by atoms with E-state index in [1.807, 2.05) is 23.1 Å². The number of nitrogens with one attached hydrogen (secondary N) is 2. The summed E-state index contributed by atoms with van der Waals surface area (Å²) < 4.78 is 34.8. The van der Waals surface area contributed by atoms with Crippen molar-refractivity contribution in [3.63, 3.8) is 0 Å². The number of amides is 1. The van der Waals surface area contributed by atoms with Crippen molar-refractivity contribution >= 4 is 28.4 Å². The summed E-state index contributed by atoms with van der Waals surface area (Å²) in [4.78, 5) is 27.4. The molecule has 0 bridgehead atoms. The number of rotatable bonds is 7. The van der Waals surface area contributed by atoms with Gasteiger partial charge in [0.1, 0.15) is 5.82 Å². The van der Waals surface area contributed by atoms with Gasteiger partial charge in [0.15, 0.2) is 5.82 Å². The highest BCUT2D eigenvalue weighted by molar-refractivity contribution is 5.92. The number of morpholine rings is 1. The van der Waals surface area contributed by atoms with E-state index in [0.29, 0.717) is 54.5 Å². The van der Waals surface area contributed by atoms with E-state index in [9.17, 15) is 13.6 Å². The van der Waals surface area contributed by atoms with Gasteiger partial charge in [0.05, 0.1) is 36.5 Å². The number of halogens is 2. The predicted molar refractivity (Wildman–Crippen MR) is 133 cm³/mol. The van der Waals surface area contributed by atoms with Crippen LogP contribution in [0, 0.1) is 0 Å². The maximum Gasteiger partial charge on any atom is 0.296 e. The van der Waals surface area contributed by atoms with Crippen LogP contribution >= 0.6 is 0 Å². The van der Waals surface area contributed by atoms with Crippen molar-refractivity contribution in [2.45, 2.75) is 6.43 Å². The van der Waals surface area contributed by atoms with Gasteiger partial charge in [-0.3, -0.25) is 9.36 Å². The summed E-state index contributed by atoms with van der Waals surface area (Å²) in [5.41, 5.74) is 2.90. The summed E-state index contributed by atoms with van der Waals surface area (Å²) in [5.74, 6) is 0.159. The summed E-state index contributed by atoms with van der Waals surface area (Å²) in [5, 5.41) is 5.61. The number of anilines is 2. The fraction of sp³-hybridized carbons (Fsp3) is 0.280. The molecule has 1 fully saturated rings. The Morgan fingerprint density at radius 2 is 1.81 bits per heavy atom. The van der Waals surface area contributed by atoms with E-state index in [2.05, 4.69) is 25.6 Å². The minimum absolute atomic E-state index is 0.115. The van der Waals surface area contributed by atoms with Crippen molar-refractivity contribution in [2.24, 2.45) is 0 Å². The fourth-order valence-corrected chi connectivity index (χ4v) is 4.12. The third-order valence-corrected chi connectivity index (χ3v) is 5.82. The Labute approximate surface area is 206 Å². The van der Waals surface area contributed by atoms with Crippen LogP contribution < -0.4 is 15.5 Å². The summed E-state index contributed by atoms with van der Waals surface area (Å²) >= 11 is 0. The van der Waals surface area contributed by atoms with Gasteiger partial charge in [0, 0.05) is 30.4 Å². The quantitative estimate of drug-likeness (QED) is 0.407. The summed E-state index contributed by atoms with van der Waals surface area (Å²) in [6.45, 7) is 2.54. The zero-order valence-electron chi connectivity index (χ0n) is 19.6. The van der Waals surface area contributed by atoms with Gasteiger partial charge in [-0.2, -0.15) is 4.98 Å². The molecule has 186 valence electrons. The lowest BCUT2D eigenvalue weighted by Crippen LogP contribution is -2.37. The monoisotopic (exact) mass is 493 g/mol. The molecule has 0 radical (unpaired) electrons. The number of fused-ring (bicyclic) bond motifs is 1. The molecule has 0 spiro atoms. The Kier molecular flexibility index (Phi) is 6.83. The van der Waals surface area contributed by atoms with Crippen LogP contribution in [-0.4, -0.2) is 65.3 Å². The number of alkyl halides is 2. The lowest BCUT2D eigenvalue weighted by atomic mass is 10.1. The molecular formula is C25H25F2N7O2. The number of ether oxygens (including phenoxy) is 1. The van der Waals surface area contributed by atoms with Gasteiger partial charge in [0.25, 0.3) is 6.43 Å². The van der Waals surface area contributed by atoms with Gasteiger partial charge < -0.3 is 20.3 Å². The summed E-state index contributed by atoms with van der Waals surface area (Å²) in [7, 11) is 1.70. The minimum Gasteiger partial charge on any atom is -0.378 e. The molecule has 0 saturated carbocycles. The van der Waals surface area contributed by atoms with E-state index in [0.717, 1.165) is 5.56 Å². The van der Waals surface area contributed by atoms with Crippen molar-refractivity contribution in [1.82, 2.24) is 24.8 Å². The molecule has 3 heterocycles. The second-order valence-corrected chi connectivity index (χ2v) is 8.26. The third kappa shape index (κ3) is 4.88. The first-order chi connectivity index (χ1) is 17.5. The molecule has 1 amide bonds. The molecular weight excluding hydrogens is 468 g/mol. The molecule has 9 nitrogen and oxygen atoms in total. The van der Waals surface area contributed by atoms with E-state index < -0.39 is 12.2 Å². The van der Waals surface area contributed by atoms with Crippen LogP contribution in [0.25, 0.3) is 28.2 Å². The van der Waals surface area contributed by atoms with E-state index in [1.165, 1.54) is 4.57 Å². The first-order valence-corrected chi connectivity index (χ1v) is 11.6. The molecule has 1 aliphatic rings. The number of imidazole rings is 1. The van der Waals surface area contributed by atoms with Crippen molar-refractivity contribution in [2.75, 3.05) is 50.1 Å². The van der Waals surface area contributed by atoms with Crippen LogP contribution in [0.15, 0.2) is 54.6 Å². The molecule has 0 aliphatic carbocycles. The van der Waals surface area contributed by atoms with Gasteiger partial charge in [-0.25, -0.2) is 18.7 Å². The van der Waals surface area contributed by atoms with E-state index in [-0.39, 0.29) is 18.4 Å². The molecule has 0 atom stereocenters. The van der Waals surface area contributed by atoms with Gasteiger partial charge in [-0.1, -0.05) is 24.3 Å². The fourth-order valence-electron chi connectivity index (χ4n) is 4.12. The van der Waals surface area contributed by atoms with E-state index in [4.69, 9.17) is 4.74 Å². The van der Waals surface area contributed by atoms with E-state index in [1.54, 1.807) is 43.4 Å². The summed E-state index contributed by atoms with van der Waals surface area (Å²) in [6, 6.07) is 16.0. The largest absolute Gasteiger partial charge is 0.378 e. The highest BCUT2D eigenvalue weighted by Gasteiger charge is 2.24. The Bertz CT molecular complexity index is 1370. The molecule has 4 aromatic rings. The van der Waals surface area contributed by atoms with Crippen molar-refractivity contribution in [1.29, 1.82) is 0 Å². The molecule has 36 heavy (non-hydrogen) atoms. The SMILES string of the molecule is CNCC(=O)Nc1ccc(-c2cc(N3CCOCC3)nc(-n3c(C(F)F)nc4ccccc43)n2)cc1. The topological polar surface area (TPSA) is 97.2 Å². The highest BCUT2D eigenvalue weighted by Crippen LogP contribution is 2.30. The Balaban J connectivity index is 1.61. The number of likely N-dealkylation sites (N-methyl/N-ethyl adjacent to an activating group) is 1. The first kappa shape index (κ1) is 23.8. The third-order valence-electron chi connectivity index (χ3n) is 5.82. The molecule has 1 aliphatic heterocycles. The number of para-hydroxylation sites is 2. The maximum absolute atomic E-state index is 14.0.